The van der Waals surface area contributed by atoms with Crippen LogP contribution in [0.25, 0.3) is 0 Å². The first kappa shape index (κ1) is 20.7. The Hall–Kier alpha value is -3.02. The van der Waals surface area contributed by atoms with Gasteiger partial charge in [-0.1, -0.05) is 30.3 Å². The number of methoxy groups -OCH3 is 1. The summed E-state index contributed by atoms with van der Waals surface area (Å²) in [4.78, 5) is 27.2. The summed E-state index contributed by atoms with van der Waals surface area (Å²) in [5.74, 6) is 1.22. The van der Waals surface area contributed by atoms with E-state index in [9.17, 15) is 9.59 Å². The minimum Gasteiger partial charge on any atom is -0.497 e. The van der Waals surface area contributed by atoms with E-state index in [2.05, 4.69) is 5.32 Å². The lowest BCUT2D eigenvalue weighted by Crippen LogP contribution is -2.52. The molecular formula is C23H28N2O4. The Bertz CT molecular complexity index is 823. The molecule has 0 saturated carbocycles. The van der Waals surface area contributed by atoms with E-state index in [1.54, 1.807) is 36.3 Å². The zero-order valence-electron chi connectivity index (χ0n) is 17.0. The SMILES string of the molecule is COc1ccc(OCC(=O)N2CCC[C@](C)(C(=O)NCc3ccccc3)C2)cc1. The normalized spacial score (nSPS) is 18.8. The van der Waals surface area contributed by atoms with Crippen molar-refractivity contribution in [3.63, 3.8) is 0 Å². The number of hydrogen-bond donors (Lipinski definition) is 1. The van der Waals surface area contributed by atoms with Crippen LogP contribution in [0.1, 0.15) is 25.3 Å². The third-order valence-corrected chi connectivity index (χ3v) is 5.31. The van der Waals surface area contributed by atoms with Gasteiger partial charge < -0.3 is 19.7 Å². The highest BCUT2D eigenvalue weighted by Crippen LogP contribution is 2.30. The van der Waals surface area contributed by atoms with Crippen molar-refractivity contribution in [1.29, 1.82) is 0 Å². The number of carbonyl (C=O) groups is 2. The summed E-state index contributed by atoms with van der Waals surface area (Å²) in [6, 6.07) is 16.9. The molecule has 1 fully saturated rings. The third-order valence-electron chi connectivity index (χ3n) is 5.31. The summed E-state index contributed by atoms with van der Waals surface area (Å²) >= 11 is 0. The third kappa shape index (κ3) is 5.50. The van der Waals surface area contributed by atoms with E-state index in [1.165, 1.54) is 0 Å². The molecule has 2 aromatic carbocycles. The number of ether oxygens (including phenoxy) is 2. The number of rotatable bonds is 7. The molecule has 0 bridgehead atoms. The predicted molar refractivity (Wildman–Crippen MR) is 111 cm³/mol. The minimum absolute atomic E-state index is 0.0186. The highest BCUT2D eigenvalue weighted by Gasteiger charge is 2.39. The molecule has 0 aromatic heterocycles. The van der Waals surface area contributed by atoms with Gasteiger partial charge in [-0.2, -0.15) is 0 Å². The van der Waals surface area contributed by atoms with Crippen molar-refractivity contribution in [3.05, 3.63) is 60.2 Å². The zero-order valence-corrected chi connectivity index (χ0v) is 17.0. The van der Waals surface area contributed by atoms with E-state index in [0.29, 0.717) is 25.4 Å². The van der Waals surface area contributed by atoms with Crippen molar-refractivity contribution in [2.24, 2.45) is 5.41 Å². The molecule has 0 radical (unpaired) electrons. The summed E-state index contributed by atoms with van der Waals surface area (Å²) in [5.41, 5.74) is 0.462. The van der Waals surface area contributed by atoms with E-state index in [0.717, 1.165) is 24.2 Å². The number of likely N-dealkylation sites (tertiary alicyclic amines) is 1. The van der Waals surface area contributed by atoms with Gasteiger partial charge in [0.15, 0.2) is 6.61 Å². The summed E-state index contributed by atoms with van der Waals surface area (Å²) in [6.07, 6.45) is 1.56. The first-order valence-electron chi connectivity index (χ1n) is 9.87. The lowest BCUT2D eigenvalue weighted by atomic mass is 9.81. The number of nitrogens with one attached hydrogen (secondary N) is 1. The Morgan fingerprint density at radius 1 is 1.07 bits per heavy atom. The predicted octanol–water partition coefficient (Wildman–Crippen LogP) is 3.02. The van der Waals surface area contributed by atoms with Crippen LogP contribution in [-0.4, -0.2) is 43.5 Å². The molecular weight excluding hydrogens is 368 g/mol. The van der Waals surface area contributed by atoms with Gasteiger partial charge in [0.05, 0.1) is 12.5 Å². The van der Waals surface area contributed by atoms with Crippen LogP contribution in [0.3, 0.4) is 0 Å². The Labute approximate surface area is 171 Å². The quantitative estimate of drug-likeness (QED) is 0.781. The van der Waals surface area contributed by atoms with Gasteiger partial charge in [-0.15, -0.1) is 0 Å². The molecule has 2 aromatic rings. The molecule has 1 saturated heterocycles. The first-order chi connectivity index (χ1) is 14.0. The van der Waals surface area contributed by atoms with Crippen LogP contribution < -0.4 is 14.8 Å². The second kappa shape index (κ2) is 9.45. The lowest BCUT2D eigenvalue weighted by molar-refractivity contribution is -0.142. The first-order valence-corrected chi connectivity index (χ1v) is 9.87. The molecule has 0 aliphatic carbocycles. The van der Waals surface area contributed by atoms with Gasteiger partial charge in [0.2, 0.25) is 5.91 Å². The maximum absolute atomic E-state index is 12.8. The Morgan fingerprint density at radius 2 is 1.76 bits per heavy atom. The lowest BCUT2D eigenvalue weighted by Gasteiger charge is -2.39. The summed E-state index contributed by atoms with van der Waals surface area (Å²) < 4.78 is 10.7. The smallest absolute Gasteiger partial charge is 0.260 e. The molecule has 1 aliphatic heterocycles. The molecule has 6 nitrogen and oxygen atoms in total. The van der Waals surface area contributed by atoms with Crippen LogP contribution in [-0.2, 0) is 16.1 Å². The van der Waals surface area contributed by atoms with Gasteiger partial charge in [0.1, 0.15) is 11.5 Å². The van der Waals surface area contributed by atoms with Gasteiger partial charge in [-0.05, 0) is 49.6 Å². The van der Waals surface area contributed by atoms with Gasteiger partial charge >= 0.3 is 0 Å². The van der Waals surface area contributed by atoms with Crippen molar-refractivity contribution in [1.82, 2.24) is 10.2 Å². The summed E-state index contributed by atoms with van der Waals surface area (Å²) in [5, 5.41) is 3.02. The van der Waals surface area contributed by atoms with Crippen LogP contribution in [0.15, 0.2) is 54.6 Å². The van der Waals surface area contributed by atoms with E-state index in [4.69, 9.17) is 9.47 Å². The average Bonchev–Trinajstić information content (AvgIpc) is 2.76. The molecule has 0 unspecified atom stereocenters. The molecule has 6 heteroatoms. The fourth-order valence-corrected chi connectivity index (χ4v) is 3.54. The highest BCUT2D eigenvalue weighted by atomic mass is 16.5. The van der Waals surface area contributed by atoms with Gasteiger partial charge in [0.25, 0.3) is 5.91 Å². The minimum atomic E-state index is -0.594. The zero-order chi connectivity index (χ0) is 20.7. The van der Waals surface area contributed by atoms with E-state index < -0.39 is 5.41 Å². The van der Waals surface area contributed by atoms with Gasteiger partial charge in [-0.25, -0.2) is 0 Å². The molecule has 1 atom stereocenters. The fourth-order valence-electron chi connectivity index (χ4n) is 3.54. The Balaban J connectivity index is 1.52. The fraction of sp³-hybridized carbons (Fsp3) is 0.391. The number of hydrogen-bond acceptors (Lipinski definition) is 4. The second-order valence-electron chi connectivity index (χ2n) is 7.61. The molecule has 3 rings (SSSR count). The van der Waals surface area contributed by atoms with Crippen LogP contribution in [0.5, 0.6) is 11.5 Å². The highest BCUT2D eigenvalue weighted by molar-refractivity contribution is 5.84. The van der Waals surface area contributed by atoms with Crippen molar-refractivity contribution in [2.75, 3.05) is 26.8 Å². The number of carbonyl (C=O) groups excluding carboxylic acids is 2. The number of benzene rings is 2. The molecule has 1 heterocycles. The maximum Gasteiger partial charge on any atom is 0.260 e. The van der Waals surface area contributed by atoms with Gasteiger partial charge in [0, 0.05) is 19.6 Å². The van der Waals surface area contributed by atoms with Crippen LogP contribution >= 0.6 is 0 Å². The second-order valence-corrected chi connectivity index (χ2v) is 7.61. The monoisotopic (exact) mass is 396 g/mol. The van der Waals surface area contributed by atoms with Crippen LogP contribution in [0.2, 0.25) is 0 Å². The number of amides is 2. The van der Waals surface area contributed by atoms with Crippen molar-refractivity contribution < 1.29 is 19.1 Å². The summed E-state index contributed by atoms with van der Waals surface area (Å²) in [7, 11) is 1.60. The maximum atomic E-state index is 12.8. The van der Waals surface area contributed by atoms with Crippen LogP contribution in [0.4, 0.5) is 0 Å². The van der Waals surface area contributed by atoms with Crippen molar-refractivity contribution in [3.8, 4) is 11.5 Å². The molecule has 0 spiro atoms. The van der Waals surface area contributed by atoms with Crippen LogP contribution in [0, 0.1) is 5.41 Å². The van der Waals surface area contributed by atoms with Gasteiger partial charge in [-0.3, -0.25) is 9.59 Å². The molecule has 154 valence electrons. The van der Waals surface area contributed by atoms with Crippen molar-refractivity contribution >= 4 is 11.8 Å². The van der Waals surface area contributed by atoms with E-state index >= 15 is 0 Å². The molecule has 1 aliphatic rings. The standard InChI is InChI=1S/C23H28N2O4/c1-23(22(27)24-15-18-7-4-3-5-8-18)13-6-14-25(17-23)21(26)16-29-20-11-9-19(28-2)10-12-20/h3-5,7-12H,6,13-17H2,1-2H3,(H,24,27)/t23-/m0/s1. The Morgan fingerprint density at radius 3 is 2.45 bits per heavy atom. The number of nitrogens with zero attached hydrogens (tertiary/aromatic N) is 1. The topological polar surface area (TPSA) is 67.9 Å². The van der Waals surface area contributed by atoms with Crippen molar-refractivity contribution in [2.45, 2.75) is 26.3 Å². The molecule has 1 N–H and O–H groups in total. The average molecular weight is 396 g/mol. The van der Waals surface area contributed by atoms with E-state index in [-0.39, 0.29) is 18.4 Å². The largest absolute Gasteiger partial charge is 0.497 e. The summed E-state index contributed by atoms with van der Waals surface area (Å²) in [6.45, 7) is 3.42. The number of piperidine rings is 1. The molecule has 29 heavy (non-hydrogen) atoms. The Kier molecular flexibility index (Phi) is 6.75. The van der Waals surface area contributed by atoms with E-state index in [1.807, 2.05) is 37.3 Å². The molecule has 2 amide bonds.